The van der Waals surface area contributed by atoms with Crippen LogP contribution in [0.5, 0.6) is 0 Å². The molecule has 0 aliphatic heterocycles. The predicted octanol–water partition coefficient (Wildman–Crippen LogP) is 2.22. The summed E-state index contributed by atoms with van der Waals surface area (Å²) in [5, 5.41) is 20.4. The first-order valence-corrected chi connectivity index (χ1v) is 7.91. The fourth-order valence-corrected chi connectivity index (χ4v) is 3.15. The first-order chi connectivity index (χ1) is 11.4. The molecule has 0 radical (unpaired) electrons. The van der Waals surface area contributed by atoms with Crippen LogP contribution in [0.3, 0.4) is 0 Å². The molecule has 0 spiro atoms. The lowest BCUT2D eigenvalue weighted by molar-refractivity contribution is -0.133. The van der Waals surface area contributed by atoms with Crippen LogP contribution >= 0.6 is 23.2 Å². The summed E-state index contributed by atoms with van der Waals surface area (Å²) in [5.74, 6) is -0.971. The fraction of sp³-hybridized carbons (Fsp3) is 0.235. The van der Waals surface area contributed by atoms with E-state index in [0.717, 1.165) is 0 Å². The topological polar surface area (TPSA) is 92.8 Å². The van der Waals surface area contributed by atoms with E-state index >= 15 is 0 Å². The van der Waals surface area contributed by atoms with Crippen LogP contribution in [-0.4, -0.2) is 29.3 Å². The first-order valence-electron chi connectivity index (χ1n) is 7.16. The van der Waals surface area contributed by atoms with Gasteiger partial charge in [0.15, 0.2) is 5.60 Å². The number of benzene rings is 2. The highest BCUT2D eigenvalue weighted by Crippen LogP contribution is 2.38. The van der Waals surface area contributed by atoms with Crippen LogP contribution in [0.25, 0.3) is 0 Å². The van der Waals surface area contributed by atoms with E-state index in [2.05, 4.69) is 0 Å². The quantitative estimate of drug-likeness (QED) is 0.652. The number of ether oxygens (including phenoxy) is 1. The Labute approximate surface area is 149 Å². The van der Waals surface area contributed by atoms with Crippen molar-refractivity contribution < 1.29 is 19.7 Å². The zero-order valence-corrected chi connectivity index (χ0v) is 14.2. The largest absolute Gasteiger partial charge is 0.394 e. The van der Waals surface area contributed by atoms with E-state index in [9.17, 15) is 9.90 Å². The average Bonchev–Trinajstić information content (AvgIpc) is 2.54. The Kier molecular flexibility index (Phi) is 6.21. The van der Waals surface area contributed by atoms with Gasteiger partial charge in [-0.15, -0.1) is 0 Å². The molecule has 24 heavy (non-hydrogen) atoms. The molecule has 0 saturated carbocycles. The number of carbonyl (C=O) groups excluding carboxylic acids is 1. The van der Waals surface area contributed by atoms with Gasteiger partial charge < -0.3 is 20.7 Å². The van der Waals surface area contributed by atoms with Gasteiger partial charge >= 0.3 is 0 Å². The molecule has 0 aliphatic rings. The maximum Gasteiger partial charge on any atom is 0.258 e. The highest BCUT2D eigenvalue weighted by atomic mass is 35.5. The molecule has 2 rings (SSSR count). The number of hydrogen-bond donors (Lipinski definition) is 3. The average molecular weight is 370 g/mol. The second-order valence-electron chi connectivity index (χ2n) is 5.14. The Balaban J connectivity index is 2.64. The number of hydrogen-bond acceptors (Lipinski definition) is 4. The minimum atomic E-state index is -2.14. The molecule has 1 unspecified atom stereocenters. The summed E-state index contributed by atoms with van der Waals surface area (Å²) >= 11 is 12.3. The van der Waals surface area contributed by atoms with Gasteiger partial charge in [0.2, 0.25) is 0 Å². The second-order valence-corrected chi connectivity index (χ2v) is 5.98. The van der Waals surface area contributed by atoms with Crippen molar-refractivity contribution in [3.8, 4) is 0 Å². The summed E-state index contributed by atoms with van der Waals surface area (Å²) in [7, 11) is 0. The lowest BCUT2D eigenvalue weighted by Crippen LogP contribution is -2.43. The number of rotatable bonds is 7. The second kappa shape index (κ2) is 7.96. The lowest BCUT2D eigenvalue weighted by Gasteiger charge is -2.29. The number of aliphatic hydroxyl groups excluding tert-OH is 1. The number of carbonyl (C=O) groups is 1. The molecule has 1 amide bonds. The molecule has 1 atom stereocenters. The van der Waals surface area contributed by atoms with E-state index < -0.39 is 11.5 Å². The molecule has 0 heterocycles. The highest BCUT2D eigenvalue weighted by molar-refractivity contribution is 6.35. The standard InChI is InChI=1S/C17H17Cl2NO4/c18-13-8-11(10-24-7-6-21)15(14(19)9-13)17(23,16(20)22)12-4-2-1-3-5-12/h1-5,8-9,21,23H,6-7,10H2,(H2,20,22). The van der Waals surface area contributed by atoms with E-state index in [1.54, 1.807) is 30.3 Å². The maximum absolute atomic E-state index is 12.1. The molecule has 0 bridgehead atoms. The molecule has 4 N–H and O–H groups in total. The van der Waals surface area contributed by atoms with Gasteiger partial charge in [0.05, 0.1) is 19.8 Å². The molecule has 5 nitrogen and oxygen atoms in total. The number of amides is 1. The van der Waals surface area contributed by atoms with Crippen LogP contribution < -0.4 is 5.73 Å². The third-order valence-electron chi connectivity index (χ3n) is 3.54. The van der Waals surface area contributed by atoms with Gasteiger partial charge in [-0.2, -0.15) is 0 Å². The third-order valence-corrected chi connectivity index (χ3v) is 4.06. The van der Waals surface area contributed by atoms with Crippen LogP contribution in [0.15, 0.2) is 42.5 Å². The van der Waals surface area contributed by atoms with Gasteiger partial charge in [-0.25, -0.2) is 0 Å². The minimum absolute atomic E-state index is 0.00139. The molecular formula is C17H17Cl2NO4. The Morgan fingerprint density at radius 1 is 1.21 bits per heavy atom. The first kappa shape index (κ1) is 18.7. The zero-order chi connectivity index (χ0) is 17.7. The molecule has 0 aromatic heterocycles. The summed E-state index contributed by atoms with van der Waals surface area (Å²) in [6.07, 6.45) is 0. The van der Waals surface area contributed by atoms with Gasteiger partial charge in [0, 0.05) is 15.6 Å². The van der Waals surface area contributed by atoms with Gasteiger partial charge in [0.25, 0.3) is 5.91 Å². The highest BCUT2D eigenvalue weighted by Gasteiger charge is 2.41. The molecule has 128 valence electrons. The van der Waals surface area contributed by atoms with Crippen molar-refractivity contribution in [2.75, 3.05) is 13.2 Å². The van der Waals surface area contributed by atoms with Crippen molar-refractivity contribution in [3.05, 3.63) is 69.2 Å². The van der Waals surface area contributed by atoms with E-state index in [-0.39, 0.29) is 36.0 Å². The summed E-state index contributed by atoms with van der Waals surface area (Å²) in [6.45, 7) is -0.0785. The maximum atomic E-state index is 12.1. The van der Waals surface area contributed by atoms with Crippen molar-refractivity contribution >= 4 is 29.1 Å². The van der Waals surface area contributed by atoms with Crippen molar-refractivity contribution in [2.45, 2.75) is 12.2 Å². The zero-order valence-electron chi connectivity index (χ0n) is 12.7. The SMILES string of the molecule is NC(=O)C(O)(c1ccccc1)c1c(Cl)cc(Cl)cc1COCCO. The van der Waals surface area contributed by atoms with E-state index in [4.69, 9.17) is 38.8 Å². The minimum Gasteiger partial charge on any atom is -0.394 e. The van der Waals surface area contributed by atoms with Gasteiger partial charge in [-0.1, -0.05) is 53.5 Å². The molecule has 7 heteroatoms. The van der Waals surface area contributed by atoms with E-state index in [1.807, 2.05) is 0 Å². The number of nitrogens with two attached hydrogens (primary N) is 1. The van der Waals surface area contributed by atoms with Crippen LogP contribution in [0.4, 0.5) is 0 Å². The fourth-order valence-electron chi connectivity index (χ4n) is 2.48. The molecule has 2 aromatic rings. The summed E-state index contributed by atoms with van der Waals surface area (Å²) < 4.78 is 5.30. The molecule has 2 aromatic carbocycles. The van der Waals surface area contributed by atoms with Crippen LogP contribution in [-0.2, 0) is 21.7 Å². The monoisotopic (exact) mass is 369 g/mol. The normalized spacial score (nSPS) is 13.5. The summed E-state index contributed by atoms with van der Waals surface area (Å²) in [4.78, 5) is 12.1. The van der Waals surface area contributed by atoms with Crippen molar-refractivity contribution in [2.24, 2.45) is 5.73 Å². The Hall–Kier alpha value is -1.63. The summed E-state index contributed by atoms with van der Waals surface area (Å²) in [5.41, 5.74) is 4.17. The molecule has 0 saturated heterocycles. The van der Waals surface area contributed by atoms with Crippen LogP contribution in [0, 0.1) is 0 Å². The van der Waals surface area contributed by atoms with E-state index in [0.29, 0.717) is 10.6 Å². The Morgan fingerprint density at radius 3 is 2.46 bits per heavy atom. The van der Waals surface area contributed by atoms with Gasteiger partial charge in [0.1, 0.15) is 0 Å². The van der Waals surface area contributed by atoms with Crippen molar-refractivity contribution in [3.63, 3.8) is 0 Å². The molecule has 0 aliphatic carbocycles. The third kappa shape index (κ3) is 3.71. The number of halogens is 2. The molecular weight excluding hydrogens is 353 g/mol. The van der Waals surface area contributed by atoms with Crippen LogP contribution in [0.2, 0.25) is 10.0 Å². The van der Waals surface area contributed by atoms with Crippen molar-refractivity contribution in [1.29, 1.82) is 0 Å². The van der Waals surface area contributed by atoms with Crippen LogP contribution in [0.1, 0.15) is 16.7 Å². The lowest BCUT2D eigenvalue weighted by atomic mass is 9.83. The smallest absolute Gasteiger partial charge is 0.258 e. The van der Waals surface area contributed by atoms with E-state index in [1.165, 1.54) is 12.1 Å². The number of primary amides is 1. The Bertz CT molecular complexity index is 724. The van der Waals surface area contributed by atoms with Crippen molar-refractivity contribution in [1.82, 2.24) is 0 Å². The molecule has 0 fully saturated rings. The predicted molar refractivity (Wildman–Crippen MR) is 91.8 cm³/mol. The van der Waals surface area contributed by atoms with Gasteiger partial charge in [-0.05, 0) is 23.3 Å². The van der Waals surface area contributed by atoms with Gasteiger partial charge in [-0.3, -0.25) is 4.79 Å². The Morgan fingerprint density at radius 2 is 1.88 bits per heavy atom. The summed E-state index contributed by atoms with van der Waals surface area (Å²) in [6, 6.07) is 11.2. The number of aliphatic hydroxyl groups is 2.